The van der Waals surface area contributed by atoms with Crippen molar-refractivity contribution in [3.63, 3.8) is 0 Å². The van der Waals surface area contributed by atoms with Gasteiger partial charge in [0.1, 0.15) is 6.10 Å². The molecule has 0 saturated heterocycles. The fraction of sp³-hybridized carbons (Fsp3) is 0.782. The highest BCUT2D eigenvalue weighted by Crippen LogP contribution is 2.73. The lowest BCUT2D eigenvalue weighted by Crippen LogP contribution is -2.63. The van der Waals surface area contributed by atoms with Gasteiger partial charge in [0.25, 0.3) is 0 Å². The second-order valence-electron chi connectivity index (χ2n) is 23.5. The van der Waals surface area contributed by atoms with Crippen LogP contribution in [-0.2, 0) is 30.4 Å². The van der Waals surface area contributed by atoms with Gasteiger partial charge >= 0.3 is 11.9 Å². The van der Waals surface area contributed by atoms with Crippen LogP contribution in [0.2, 0.25) is 0 Å². The summed E-state index contributed by atoms with van der Waals surface area (Å²) in [6, 6.07) is 6.11. The Morgan fingerprint density at radius 1 is 0.953 bits per heavy atom. The van der Waals surface area contributed by atoms with Crippen molar-refractivity contribution in [2.75, 3.05) is 41.4 Å². The van der Waals surface area contributed by atoms with Gasteiger partial charge in [-0.1, -0.05) is 92.4 Å². The first-order valence-electron chi connectivity index (χ1n) is 25.1. The number of fused-ring (bicyclic) bond motifs is 7. The molecule has 7 rings (SSSR count). The molecule has 5 saturated carbocycles. The van der Waals surface area contributed by atoms with Crippen molar-refractivity contribution in [3.8, 4) is 0 Å². The molecule has 0 aromatic carbocycles. The lowest BCUT2D eigenvalue weighted by Gasteiger charge is -2.69. The number of rotatable bonds is 14. The number of Topliss-reactive ketones (excluding diaryl/α,β-unsaturated/α-hetero) is 1. The molecule has 0 radical (unpaired) electrons. The van der Waals surface area contributed by atoms with Crippen LogP contribution in [0.3, 0.4) is 0 Å². The summed E-state index contributed by atoms with van der Waals surface area (Å²) in [6.07, 6.45) is 17.7. The summed E-state index contributed by atoms with van der Waals surface area (Å²) >= 11 is 0. The van der Waals surface area contributed by atoms with Gasteiger partial charge in [0.2, 0.25) is 0 Å². The SMILES string of the molecule is C=C(CN(C)C)N(CCC12CCC3C(CCC4C3(C)CCC3C(C)(C)C(OC(=O)CC(C)(C)C(=O)O)CCC34C)C1=C(C(C)C)C(=O)C2)Cc1ccccn1.CCC1CCC1.COC. The molecule has 0 aliphatic heterocycles. The largest absolute Gasteiger partial charge is 0.481 e. The molecule has 1 aromatic heterocycles. The van der Waals surface area contributed by atoms with Crippen LogP contribution in [-0.4, -0.2) is 85.1 Å². The first kappa shape index (κ1) is 51.9. The van der Waals surface area contributed by atoms with Crippen molar-refractivity contribution >= 4 is 17.7 Å². The highest BCUT2D eigenvalue weighted by atomic mass is 16.5. The van der Waals surface area contributed by atoms with Crippen molar-refractivity contribution in [3.05, 3.63) is 53.5 Å². The number of hydrogen-bond donors (Lipinski definition) is 1. The normalized spacial score (nSPS) is 31.8. The van der Waals surface area contributed by atoms with E-state index in [1.165, 1.54) is 44.1 Å². The number of aromatic nitrogens is 1. The number of carboxylic acids is 1. The monoisotopic (exact) mass is 888 g/mol. The van der Waals surface area contributed by atoms with E-state index in [2.05, 4.69) is 101 Å². The number of methoxy groups -OCH3 is 1. The van der Waals surface area contributed by atoms with E-state index in [0.29, 0.717) is 35.9 Å². The van der Waals surface area contributed by atoms with Gasteiger partial charge in [0.05, 0.1) is 24.1 Å². The number of allylic oxidation sites excluding steroid dienone is 2. The molecule has 8 unspecified atom stereocenters. The zero-order valence-corrected chi connectivity index (χ0v) is 42.6. The number of aliphatic carboxylic acids is 1. The number of carbonyl (C=O) groups is 3. The molecule has 8 atom stereocenters. The zero-order valence-electron chi connectivity index (χ0n) is 42.6. The molecule has 64 heavy (non-hydrogen) atoms. The van der Waals surface area contributed by atoms with E-state index in [1.807, 2.05) is 12.3 Å². The van der Waals surface area contributed by atoms with E-state index < -0.39 is 17.4 Å². The third-order valence-corrected chi connectivity index (χ3v) is 17.8. The first-order chi connectivity index (χ1) is 30.0. The van der Waals surface area contributed by atoms with Gasteiger partial charge in [-0.25, -0.2) is 0 Å². The molecule has 5 fully saturated rings. The standard InChI is InChI=1S/C47H71N3O5.C6H12.C2H6O/c1-30(2)40-35(51)26-47(23-25-50(31(3)28-49(10)11)29-32-14-12-13-24-48-32)22-17-34-33(41(40)47)15-16-37-45(34,8)20-18-36-44(6,7)38(19-21-46(36,37)9)55-39(52)27-43(4,5)42(53)54;1-2-6-4-3-5-6;1-3-2/h12-14,24,30,33-34,36-38H,3,15-23,25-29H2,1-2,4-11H3,(H,53,54);6H,2-5H2,1H3;1-2H3. The third-order valence-electron chi connectivity index (χ3n) is 17.8. The molecule has 1 N–H and O–H groups in total. The quantitative estimate of drug-likeness (QED) is 0.183. The molecule has 360 valence electrons. The number of hydrogen-bond acceptors (Lipinski definition) is 8. The summed E-state index contributed by atoms with van der Waals surface area (Å²) in [5, 5.41) is 9.63. The summed E-state index contributed by atoms with van der Waals surface area (Å²) in [6.45, 7) is 26.6. The van der Waals surface area contributed by atoms with Crippen molar-refractivity contribution in [1.82, 2.24) is 14.8 Å². The molecule has 0 bridgehead atoms. The predicted molar refractivity (Wildman–Crippen MR) is 258 cm³/mol. The lowest BCUT2D eigenvalue weighted by atomic mass is 9.36. The summed E-state index contributed by atoms with van der Waals surface area (Å²) in [5.74, 6) is 2.32. The molecule has 1 heterocycles. The Balaban J connectivity index is 0.000000771. The Hall–Kier alpha value is -3.04. The maximum atomic E-state index is 14.2. The van der Waals surface area contributed by atoms with Crippen molar-refractivity contribution in [2.45, 2.75) is 171 Å². The average molecular weight is 888 g/mol. The molecule has 6 aliphatic rings. The molecular formula is C55H89N3O6. The van der Waals surface area contributed by atoms with Gasteiger partial charge in [-0.05, 0) is 150 Å². The van der Waals surface area contributed by atoms with Crippen molar-refractivity contribution in [1.29, 1.82) is 0 Å². The maximum absolute atomic E-state index is 14.2. The molecule has 0 amide bonds. The topological polar surface area (TPSA) is 109 Å². The first-order valence-corrected chi connectivity index (χ1v) is 25.1. The Bertz CT molecular complexity index is 1810. The number of likely N-dealkylation sites (N-methyl/N-ethyl adjacent to an activating group) is 1. The average Bonchev–Trinajstić information content (AvgIpc) is 3.50. The van der Waals surface area contributed by atoms with E-state index in [4.69, 9.17) is 4.74 Å². The lowest BCUT2D eigenvalue weighted by molar-refractivity contribution is -0.214. The molecular weight excluding hydrogens is 799 g/mol. The van der Waals surface area contributed by atoms with E-state index in [-0.39, 0.29) is 40.1 Å². The van der Waals surface area contributed by atoms with Gasteiger partial charge < -0.3 is 24.4 Å². The minimum Gasteiger partial charge on any atom is -0.481 e. The summed E-state index contributed by atoms with van der Waals surface area (Å²) in [7, 11) is 7.43. The van der Waals surface area contributed by atoms with Crippen LogP contribution in [0.1, 0.15) is 164 Å². The van der Waals surface area contributed by atoms with E-state index in [1.54, 1.807) is 28.1 Å². The molecule has 1 aromatic rings. The number of pyridine rings is 1. The summed E-state index contributed by atoms with van der Waals surface area (Å²) in [4.78, 5) is 48.3. The van der Waals surface area contributed by atoms with Crippen LogP contribution in [0, 0.1) is 62.6 Å². The van der Waals surface area contributed by atoms with Gasteiger partial charge in [-0.3, -0.25) is 19.4 Å². The number of esters is 1. The number of carbonyl (C=O) groups excluding carboxylic acids is 2. The number of carboxylic acid groups (broad SMARTS) is 1. The summed E-state index contributed by atoms with van der Waals surface area (Å²) in [5.41, 5.74) is 3.66. The number of ketones is 1. The van der Waals surface area contributed by atoms with Crippen LogP contribution in [0.4, 0.5) is 0 Å². The minimum atomic E-state index is -1.15. The molecule has 9 nitrogen and oxygen atoms in total. The predicted octanol–water partition coefficient (Wildman–Crippen LogP) is 11.8. The summed E-state index contributed by atoms with van der Waals surface area (Å²) < 4.78 is 10.4. The number of ether oxygens (including phenoxy) is 2. The van der Waals surface area contributed by atoms with Crippen LogP contribution in [0.15, 0.2) is 47.8 Å². The second kappa shape index (κ2) is 20.9. The number of nitrogens with zero attached hydrogens (tertiary/aromatic N) is 3. The van der Waals surface area contributed by atoms with Crippen LogP contribution in [0.25, 0.3) is 0 Å². The Morgan fingerprint density at radius 2 is 1.62 bits per heavy atom. The Morgan fingerprint density at radius 3 is 2.17 bits per heavy atom. The van der Waals surface area contributed by atoms with E-state index >= 15 is 0 Å². The molecule has 6 aliphatic carbocycles. The van der Waals surface area contributed by atoms with E-state index in [0.717, 1.165) is 87.5 Å². The van der Waals surface area contributed by atoms with Gasteiger partial charge in [-0.2, -0.15) is 0 Å². The van der Waals surface area contributed by atoms with Crippen LogP contribution in [0.5, 0.6) is 0 Å². The zero-order chi connectivity index (χ0) is 47.4. The van der Waals surface area contributed by atoms with Crippen molar-refractivity contribution < 1.29 is 29.0 Å². The highest BCUT2D eigenvalue weighted by Gasteiger charge is 2.66. The van der Waals surface area contributed by atoms with Crippen LogP contribution >= 0.6 is 0 Å². The highest BCUT2D eigenvalue weighted by molar-refractivity contribution is 6.00. The van der Waals surface area contributed by atoms with Gasteiger partial charge in [0, 0.05) is 56.5 Å². The van der Waals surface area contributed by atoms with E-state index in [9.17, 15) is 19.5 Å². The fourth-order valence-corrected chi connectivity index (χ4v) is 14.3. The van der Waals surface area contributed by atoms with Crippen molar-refractivity contribution in [2.24, 2.45) is 62.6 Å². The third kappa shape index (κ3) is 10.7. The molecule has 9 heteroatoms. The smallest absolute Gasteiger partial charge is 0.309 e. The van der Waals surface area contributed by atoms with Gasteiger partial charge in [-0.15, -0.1) is 0 Å². The fourth-order valence-electron chi connectivity index (χ4n) is 14.3. The Labute approximate surface area is 389 Å². The second-order valence-corrected chi connectivity index (χ2v) is 23.5. The Kier molecular flexibility index (Phi) is 16.9. The van der Waals surface area contributed by atoms with Gasteiger partial charge in [0.15, 0.2) is 5.78 Å². The van der Waals surface area contributed by atoms with Crippen LogP contribution < -0.4 is 0 Å². The maximum Gasteiger partial charge on any atom is 0.309 e. The molecule has 0 spiro atoms. The minimum absolute atomic E-state index is 0.0952.